The molecule has 182 valence electrons. The van der Waals surface area contributed by atoms with Gasteiger partial charge in [-0.1, -0.05) is 31.5 Å². The first-order chi connectivity index (χ1) is 17.0. The Labute approximate surface area is 205 Å². The molecule has 6 nitrogen and oxygen atoms in total. The SMILES string of the molecule is CCc1ccc2c(c1)c1ccc(NCCCCCC=O)cc1n2Cc1ccc(C(=O)O)cc1OC. The number of benzene rings is 3. The van der Waals surface area contributed by atoms with E-state index in [2.05, 4.69) is 53.2 Å². The van der Waals surface area contributed by atoms with Gasteiger partial charge in [0.2, 0.25) is 0 Å². The van der Waals surface area contributed by atoms with Crippen LogP contribution in [0.2, 0.25) is 0 Å². The number of aromatic nitrogens is 1. The summed E-state index contributed by atoms with van der Waals surface area (Å²) in [6, 6.07) is 18.1. The molecule has 2 N–H and O–H groups in total. The van der Waals surface area contributed by atoms with E-state index in [-0.39, 0.29) is 5.56 Å². The molecule has 4 aromatic rings. The van der Waals surface area contributed by atoms with Crippen molar-refractivity contribution in [3.05, 3.63) is 71.3 Å². The van der Waals surface area contributed by atoms with E-state index in [0.29, 0.717) is 18.7 Å². The number of ether oxygens (including phenoxy) is 1. The lowest BCUT2D eigenvalue weighted by molar-refractivity contribution is -0.107. The monoisotopic (exact) mass is 472 g/mol. The average Bonchev–Trinajstić information content (AvgIpc) is 3.18. The van der Waals surface area contributed by atoms with Crippen molar-refractivity contribution in [3.63, 3.8) is 0 Å². The lowest BCUT2D eigenvalue weighted by Gasteiger charge is -2.13. The van der Waals surface area contributed by atoms with Crippen molar-refractivity contribution in [3.8, 4) is 5.75 Å². The average molecular weight is 473 g/mol. The highest BCUT2D eigenvalue weighted by molar-refractivity contribution is 6.09. The predicted octanol–water partition coefficient (Wildman–Crippen LogP) is 6.28. The summed E-state index contributed by atoms with van der Waals surface area (Å²) in [6.07, 6.45) is 5.55. The van der Waals surface area contributed by atoms with Gasteiger partial charge in [0.05, 0.1) is 24.7 Å². The van der Waals surface area contributed by atoms with Gasteiger partial charge in [0.1, 0.15) is 12.0 Å². The number of rotatable bonds is 12. The molecular weight excluding hydrogens is 440 g/mol. The Kier molecular flexibility index (Phi) is 7.70. The minimum Gasteiger partial charge on any atom is -0.496 e. The summed E-state index contributed by atoms with van der Waals surface area (Å²) in [6.45, 7) is 3.57. The van der Waals surface area contributed by atoms with Crippen LogP contribution >= 0.6 is 0 Å². The number of anilines is 1. The molecule has 0 spiro atoms. The number of methoxy groups -OCH3 is 1. The minimum absolute atomic E-state index is 0.208. The molecule has 0 bridgehead atoms. The van der Waals surface area contributed by atoms with Gasteiger partial charge in [-0.15, -0.1) is 0 Å². The van der Waals surface area contributed by atoms with Gasteiger partial charge in [0.15, 0.2) is 0 Å². The smallest absolute Gasteiger partial charge is 0.335 e. The normalized spacial score (nSPS) is 11.1. The van der Waals surface area contributed by atoms with Crippen molar-refractivity contribution in [1.82, 2.24) is 4.57 Å². The van der Waals surface area contributed by atoms with Crippen LogP contribution in [0.5, 0.6) is 5.75 Å². The molecule has 0 atom stereocenters. The Bertz CT molecular complexity index is 1360. The van der Waals surface area contributed by atoms with E-state index in [1.54, 1.807) is 19.2 Å². The topological polar surface area (TPSA) is 80.6 Å². The van der Waals surface area contributed by atoms with Gasteiger partial charge in [0.25, 0.3) is 0 Å². The molecule has 0 fully saturated rings. The molecule has 0 amide bonds. The maximum atomic E-state index is 11.4. The van der Waals surface area contributed by atoms with E-state index in [1.807, 2.05) is 6.07 Å². The molecule has 6 heteroatoms. The minimum atomic E-state index is -0.972. The Morgan fingerprint density at radius 2 is 1.86 bits per heavy atom. The van der Waals surface area contributed by atoms with Gasteiger partial charge >= 0.3 is 5.97 Å². The van der Waals surface area contributed by atoms with E-state index in [0.717, 1.165) is 60.8 Å². The summed E-state index contributed by atoms with van der Waals surface area (Å²) in [5.74, 6) is -0.407. The second kappa shape index (κ2) is 11.1. The first kappa shape index (κ1) is 24.3. The number of unbranched alkanes of at least 4 members (excludes halogenated alkanes) is 3. The number of carboxylic acid groups (broad SMARTS) is 1. The van der Waals surface area contributed by atoms with Crippen LogP contribution in [-0.4, -0.2) is 35.6 Å². The number of hydrogen-bond donors (Lipinski definition) is 2. The third kappa shape index (κ3) is 5.32. The highest BCUT2D eigenvalue weighted by Crippen LogP contribution is 2.34. The zero-order chi connectivity index (χ0) is 24.8. The summed E-state index contributed by atoms with van der Waals surface area (Å²) < 4.78 is 7.83. The highest BCUT2D eigenvalue weighted by Gasteiger charge is 2.15. The number of fused-ring (bicyclic) bond motifs is 3. The van der Waals surface area contributed by atoms with Crippen LogP contribution in [0.1, 0.15) is 54.1 Å². The van der Waals surface area contributed by atoms with Crippen LogP contribution in [0.3, 0.4) is 0 Å². The number of aromatic carboxylic acids is 1. The van der Waals surface area contributed by atoms with E-state index < -0.39 is 5.97 Å². The van der Waals surface area contributed by atoms with Crippen LogP contribution in [0.25, 0.3) is 21.8 Å². The molecule has 0 aliphatic heterocycles. The molecule has 1 heterocycles. The lowest BCUT2D eigenvalue weighted by Crippen LogP contribution is -2.05. The fourth-order valence-corrected chi connectivity index (χ4v) is 4.59. The maximum Gasteiger partial charge on any atom is 0.335 e. The molecular formula is C29H32N2O4. The molecule has 0 aliphatic rings. The molecule has 0 saturated heterocycles. The van der Waals surface area contributed by atoms with Crippen LogP contribution < -0.4 is 10.1 Å². The molecule has 0 radical (unpaired) electrons. The number of carboxylic acids is 1. The fraction of sp³-hybridized carbons (Fsp3) is 0.310. The number of aldehydes is 1. The lowest BCUT2D eigenvalue weighted by atomic mass is 10.1. The number of nitrogens with zero attached hydrogens (tertiary/aromatic N) is 1. The standard InChI is InChI=1S/C29H32N2O4/c1-3-20-8-13-26-25(16-20)24-12-11-23(30-14-6-4-5-7-15-32)18-27(24)31(26)19-22-10-9-21(29(33)34)17-28(22)35-2/h8-13,15-18,30H,3-7,14,19H2,1-2H3,(H,33,34). The summed E-state index contributed by atoms with van der Waals surface area (Å²) in [5.41, 5.74) is 5.72. The first-order valence-corrected chi connectivity index (χ1v) is 12.2. The largest absolute Gasteiger partial charge is 0.496 e. The molecule has 3 aromatic carbocycles. The Morgan fingerprint density at radius 3 is 2.60 bits per heavy atom. The van der Waals surface area contributed by atoms with Gasteiger partial charge in [0, 0.05) is 40.5 Å². The van der Waals surface area contributed by atoms with Crippen molar-refractivity contribution in [2.75, 3.05) is 19.0 Å². The number of carbonyl (C=O) groups is 2. The molecule has 1 aromatic heterocycles. The van der Waals surface area contributed by atoms with Gasteiger partial charge in [-0.3, -0.25) is 0 Å². The van der Waals surface area contributed by atoms with Crippen molar-refractivity contribution in [1.29, 1.82) is 0 Å². The van der Waals surface area contributed by atoms with Gasteiger partial charge in [-0.2, -0.15) is 0 Å². The van der Waals surface area contributed by atoms with Crippen molar-refractivity contribution < 1.29 is 19.4 Å². The second-order valence-corrected chi connectivity index (χ2v) is 8.80. The maximum absolute atomic E-state index is 11.4. The highest BCUT2D eigenvalue weighted by atomic mass is 16.5. The Hall–Kier alpha value is -3.80. The Morgan fingerprint density at radius 1 is 1.00 bits per heavy atom. The van der Waals surface area contributed by atoms with Gasteiger partial charge in [-0.05, 0) is 61.2 Å². The predicted molar refractivity (Wildman–Crippen MR) is 141 cm³/mol. The third-order valence-corrected chi connectivity index (χ3v) is 6.53. The second-order valence-electron chi connectivity index (χ2n) is 8.80. The van der Waals surface area contributed by atoms with E-state index >= 15 is 0 Å². The third-order valence-electron chi connectivity index (χ3n) is 6.53. The van der Waals surface area contributed by atoms with Crippen LogP contribution in [0, 0.1) is 0 Å². The van der Waals surface area contributed by atoms with Crippen molar-refractivity contribution >= 4 is 39.7 Å². The number of aryl methyl sites for hydroxylation is 1. The summed E-state index contributed by atoms with van der Waals surface area (Å²) in [5, 5.41) is 15.3. The fourth-order valence-electron chi connectivity index (χ4n) is 4.59. The van der Waals surface area contributed by atoms with E-state index in [4.69, 9.17) is 4.74 Å². The quantitative estimate of drug-likeness (QED) is 0.187. The van der Waals surface area contributed by atoms with Crippen LogP contribution in [-0.2, 0) is 17.8 Å². The summed E-state index contributed by atoms with van der Waals surface area (Å²) >= 11 is 0. The number of hydrogen-bond acceptors (Lipinski definition) is 4. The van der Waals surface area contributed by atoms with E-state index in [9.17, 15) is 14.7 Å². The molecule has 35 heavy (non-hydrogen) atoms. The Balaban J connectivity index is 1.72. The number of carbonyl (C=O) groups excluding carboxylic acids is 1. The van der Waals surface area contributed by atoms with Crippen LogP contribution in [0.15, 0.2) is 54.6 Å². The first-order valence-electron chi connectivity index (χ1n) is 12.2. The molecule has 0 saturated carbocycles. The van der Waals surface area contributed by atoms with Gasteiger partial charge in [-0.25, -0.2) is 4.79 Å². The van der Waals surface area contributed by atoms with Crippen molar-refractivity contribution in [2.45, 2.75) is 45.6 Å². The van der Waals surface area contributed by atoms with E-state index in [1.165, 1.54) is 16.3 Å². The zero-order valence-electron chi connectivity index (χ0n) is 20.3. The number of nitrogens with one attached hydrogen (secondary N) is 1. The zero-order valence-corrected chi connectivity index (χ0v) is 20.3. The summed E-state index contributed by atoms with van der Waals surface area (Å²) in [7, 11) is 1.57. The van der Waals surface area contributed by atoms with Crippen LogP contribution in [0.4, 0.5) is 5.69 Å². The summed E-state index contributed by atoms with van der Waals surface area (Å²) in [4.78, 5) is 21.9. The molecule has 4 rings (SSSR count). The molecule has 0 aliphatic carbocycles. The van der Waals surface area contributed by atoms with Gasteiger partial charge < -0.3 is 24.5 Å². The molecule has 0 unspecified atom stereocenters. The van der Waals surface area contributed by atoms with Crippen molar-refractivity contribution in [2.24, 2.45) is 0 Å².